The first-order valence-corrected chi connectivity index (χ1v) is 5.47. The van der Waals surface area contributed by atoms with Crippen LogP contribution in [0.4, 0.5) is 0 Å². The molecule has 0 aliphatic carbocycles. The van der Waals surface area contributed by atoms with Gasteiger partial charge in [-0.3, -0.25) is 0 Å². The monoisotopic (exact) mass is 222 g/mol. The number of hydrogen-bond acceptors (Lipinski definition) is 2. The average molecular weight is 222 g/mol. The molecule has 0 heterocycles. The van der Waals surface area contributed by atoms with E-state index in [0.29, 0.717) is 5.75 Å². The highest BCUT2D eigenvalue weighted by molar-refractivity contribution is 5.90. The first-order valence-electron chi connectivity index (χ1n) is 5.47. The second-order valence-corrected chi connectivity index (χ2v) is 4.41. The molecule has 0 radical (unpaired) electrons. The molecule has 0 amide bonds. The highest BCUT2D eigenvalue weighted by Gasteiger charge is 2.21. The van der Waals surface area contributed by atoms with E-state index in [0.717, 1.165) is 12.8 Å². The second-order valence-electron chi connectivity index (χ2n) is 4.41. The van der Waals surface area contributed by atoms with Gasteiger partial charge in [-0.1, -0.05) is 25.5 Å². The standard InChI is InChI=1S/C13H18O3/c1-4-9-13(2,3)16-11-8-6-5-7-10(11)12(14)15/h5-8H,4,9H2,1-3H3,(H,14,15). The summed E-state index contributed by atoms with van der Waals surface area (Å²) >= 11 is 0. The van der Waals surface area contributed by atoms with E-state index in [2.05, 4.69) is 6.92 Å². The summed E-state index contributed by atoms with van der Waals surface area (Å²) in [4.78, 5) is 11.0. The van der Waals surface area contributed by atoms with Crippen molar-refractivity contribution >= 4 is 5.97 Å². The van der Waals surface area contributed by atoms with Crippen LogP contribution in [0.3, 0.4) is 0 Å². The molecule has 0 aliphatic rings. The molecule has 0 fully saturated rings. The van der Waals surface area contributed by atoms with Crippen molar-refractivity contribution in [1.29, 1.82) is 0 Å². The van der Waals surface area contributed by atoms with Gasteiger partial charge in [0.2, 0.25) is 0 Å². The quantitative estimate of drug-likeness (QED) is 0.831. The van der Waals surface area contributed by atoms with Crippen molar-refractivity contribution < 1.29 is 14.6 Å². The summed E-state index contributed by atoms with van der Waals surface area (Å²) in [6.45, 7) is 6.01. The van der Waals surface area contributed by atoms with E-state index >= 15 is 0 Å². The van der Waals surface area contributed by atoms with Gasteiger partial charge in [0.25, 0.3) is 0 Å². The van der Waals surface area contributed by atoms with E-state index in [4.69, 9.17) is 9.84 Å². The van der Waals surface area contributed by atoms with Gasteiger partial charge in [0.05, 0.1) is 0 Å². The summed E-state index contributed by atoms with van der Waals surface area (Å²) in [6, 6.07) is 6.73. The van der Waals surface area contributed by atoms with Gasteiger partial charge < -0.3 is 9.84 Å². The molecule has 1 aromatic carbocycles. The summed E-state index contributed by atoms with van der Waals surface area (Å²) in [5.74, 6) is -0.517. The molecule has 88 valence electrons. The van der Waals surface area contributed by atoms with Gasteiger partial charge in [0.15, 0.2) is 0 Å². The number of carboxylic acid groups (broad SMARTS) is 1. The summed E-state index contributed by atoms with van der Waals surface area (Å²) in [7, 11) is 0. The number of ether oxygens (including phenoxy) is 1. The third kappa shape index (κ3) is 3.26. The molecule has 3 heteroatoms. The summed E-state index contributed by atoms with van der Waals surface area (Å²) in [5, 5.41) is 9.01. The summed E-state index contributed by atoms with van der Waals surface area (Å²) in [5.41, 5.74) is -0.119. The molecule has 3 nitrogen and oxygen atoms in total. The predicted molar refractivity (Wildman–Crippen MR) is 63.0 cm³/mol. The van der Waals surface area contributed by atoms with E-state index in [-0.39, 0.29) is 11.2 Å². The maximum atomic E-state index is 11.0. The number of carboxylic acids is 1. The van der Waals surface area contributed by atoms with Crippen LogP contribution in [0.15, 0.2) is 24.3 Å². The van der Waals surface area contributed by atoms with Gasteiger partial charge in [0.1, 0.15) is 16.9 Å². The Morgan fingerprint density at radius 3 is 2.56 bits per heavy atom. The van der Waals surface area contributed by atoms with E-state index in [1.807, 2.05) is 13.8 Å². The molecule has 1 aromatic rings. The Hall–Kier alpha value is -1.51. The molecular weight excluding hydrogens is 204 g/mol. The number of hydrogen-bond donors (Lipinski definition) is 1. The molecular formula is C13H18O3. The minimum atomic E-state index is -0.956. The largest absolute Gasteiger partial charge is 0.487 e. The van der Waals surface area contributed by atoms with Crippen LogP contribution in [0.1, 0.15) is 44.0 Å². The molecule has 0 saturated heterocycles. The fraction of sp³-hybridized carbons (Fsp3) is 0.462. The number of aromatic carboxylic acids is 1. The van der Waals surface area contributed by atoms with Crippen molar-refractivity contribution in [1.82, 2.24) is 0 Å². The van der Waals surface area contributed by atoms with Crippen molar-refractivity contribution in [2.75, 3.05) is 0 Å². The van der Waals surface area contributed by atoms with Crippen molar-refractivity contribution in [3.63, 3.8) is 0 Å². The number of benzene rings is 1. The fourth-order valence-electron chi connectivity index (χ4n) is 1.68. The lowest BCUT2D eigenvalue weighted by atomic mass is 10.0. The van der Waals surface area contributed by atoms with Crippen LogP contribution in [0.5, 0.6) is 5.75 Å². The normalized spacial score (nSPS) is 11.2. The zero-order valence-corrected chi connectivity index (χ0v) is 9.99. The third-order valence-electron chi connectivity index (χ3n) is 2.36. The number of para-hydroxylation sites is 1. The first kappa shape index (κ1) is 12.6. The lowest BCUT2D eigenvalue weighted by molar-refractivity contribution is 0.0667. The Labute approximate surface area is 96.1 Å². The number of carbonyl (C=O) groups is 1. The minimum Gasteiger partial charge on any atom is -0.487 e. The molecule has 0 unspecified atom stereocenters. The lowest BCUT2D eigenvalue weighted by Gasteiger charge is -2.26. The SMILES string of the molecule is CCCC(C)(C)Oc1ccccc1C(=O)O. The van der Waals surface area contributed by atoms with Crippen LogP contribution in [-0.2, 0) is 0 Å². The molecule has 0 aromatic heterocycles. The minimum absolute atomic E-state index is 0.215. The van der Waals surface area contributed by atoms with Crippen LogP contribution < -0.4 is 4.74 Å². The molecule has 0 aliphatic heterocycles. The van der Waals surface area contributed by atoms with Gasteiger partial charge >= 0.3 is 5.97 Å². The number of rotatable bonds is 5. The van der Waals surface area contributed by atoms with E-state index < -0.39 is 5.97 Å². The van der Waals surface area contributed by atoms with Crippen LogP contribution >= 0.6 is 0 Å². The fourth-order valence-corrected chi connectivity index (χ4v) is 1.68. The Morgan fingerprint density at radius 1 is 1.38 bits per heavy atom. The molecule has 16 heavy (non-hydrogen) atoms. The predicted octanol–water partition coefficient (Wildman–Crippen LogP) is 3.34. The Bertz CT molecular complexity index is 369. The topological polar surface area (TPSA) is 46.5 Å². The molecule has 0 spiro atoms. The zero-order valence-electron chi connectivity index (χ0n) is 9.99. The smallest absolute Gasteiger partial charge is 0.339 e. The van der Waals surface area contributed by atoms with E-state index in [1.165, 1.54) is 0 Å². The third-order valence-corrected chi connectivity index (χ3v) is 2.36. The Kier molecular flexibility index (Phi) is 3.93. The highest BCUT2D eigenvalue weighted by Crippen LogP contribution is 2.25. The molecule has 0 bridgehead atoms. The van der Waals surface area contributed by atoms with Crippen molar-refractivity contribution in [2.45, 2.75) is 39.2 Å². The molecule has 0 saturated carbocycles. The summed E-state index contributed by atoms with van der Waals surface area (Å²) < 4.78 is 5.75. The van der Waals surface area contributed by atoms with Gasteiger partial charge in [-0.2, -0.15) is 0 Å². The molecule has 0 atom stereocenters. The van der Waals surface area contributed by atoms with Crippen molar-refractivity contribution in [3.05, 3.63) is 29.8 Å². The molecule has 1 rings (SSSR count). The van der Waals surface area contributed by atoms with Gasteiger partial charge in [-0.15, -0.1) is 0 Å². The van der Waals surface area contributed by atoms with Crippen LogP contribution in [0, 0.1) is 0 Å². The maximum absolute atomic E-state index is 11.0. The first-order chi connectivity index (χ1) is 7.46. The zero-order chi connectivity index (χ0) is 12.2. The van der Waals surface area contributed by atoms with Gasteiger partial charge in [-0.05, 0) is 32.4 Å². The average Bonchev–Trinajstić information content (AvgIpc) is 2.17. The van der Waals surface area contributed by atoms with Gasteiger partial charge in [0, 0.05) is 0 Å². The van der Waals surface area contributed by atoms with Crippen molar-refractivity contribution in [3.8, 4) is 5.75 Å². The maximum Gasteiger partial charge on any atom is 0.339 e. The molecule has 1 N–H and O–H groups in total. The van der Waals surface area contributed by atoms with Crippen LogP contribution in [0.25, 0.3) is 0 Å². The Balaban J connectivity index is 2.92. The lowest BCUT2D eigenvalue weighted by Crippen LogP contribution is -2.28. The van der Waals surface area contributed by atoms with Crippen LogP contribution in [-0.4, -0.2) is 16.7 Å². The second kappa shape index (κ2) is 5.01. The van der Waals surface area contributed by atoms with E-state index in [9.17, 15) is 4.79 Å². The Morgan fingerprint density at radius 2 is 2.00 bits per heavy atom. The van der Waals surface area contributed by atoms with Crippen LogP contribution in [0.2, 0.25) is 0 Å². The van der Waals surface area contributed by atoms with Gasteiger partial charge in [-0.25, -0.2) is 4.79 Å². The van der Waals surface area contributed by atoms with E-state index in [1.54, 1.807) is 24.3 Å². The summed E-state index contributed by atoms with van der Waals surface area (Å²) in [6.07, 6.45) is 1.89. The van der Waals surface area contributed by atoms with Crippen molar-refractivity contribution in [2.24, 2.45) is 0 Å². The highest BCUT2D eigenvalue weighted by atomic mass is 16.5.